The van der Waals surface area contributed by atoms with Gasteiger partial charge >= 0.3 is 0 Å². The second-order valence-electron chi connectivity index (χ2n) is 4.08. The van der Waals surface area contributed by atoms with Crippen LogP contribution in [0.3, 0.4) is 0 Å². The molecule has 1 nitrogen and oxygen atoms in total. The number of aromatic nitrogens is 1. The highest BCUT2D eigenvalue weighted by atomic mass is 14.7. The van der Waals surface area contributed by atoms with Crippen molar-refractivity contribution in [2.45, 2.75) is 50.9 Å². The van der Waals surface area contributed by atoms with Crippen LogP contribution in [0.2, 0.25) is 0 Å². The van der Waals surface area contributed by atoms with Crippen LogP contribution in [0.5, 0.6) is 0 Å². The van der Waals surface area contributed by atoms with E-state index in [0.717, 1.165) is 5.92 Å². The summed E-state index contributed by atoms with van der Waals surface area (Å²) in [4.78, 5) is 3.30. The second-order valence-corrected chi connectivity index (χ2v) is 4.08. The van der Waals surface area contributed by atoms with Gasteiger partial charge in [0.1, 0.15) is 0 Å². The molecule has 0 atom stereocenters. The first-order chi connectivity index (χ1) is 6.47. The summed E-state index contributed by atoms with van der Waals surface area (Å²) < 4.78 is 0. The largest absolute Gasteiger partial charge is 0.364 e. The van der Waals surface area contributed by atoms with Crippen LogP contribution in [0.15, 0.2) is 12.3 Å². The molecule has 1 radical (unpaired) electrons. The van der Waals surface area contributed by atoms with Gasteiger partial charge in [-0.2, -0.15) is 0 Å². The van der Waals surface area contributed by atoms with E-state index in [4.69, 9.17) is 0 Å². The van der Waals surface area contributed by atoms with Crippen molar-refractivity contribution in [3.63, 3.8) is 0 Å². The van der Waals surface area contributed by atoms with Crippen LogP contribution >= 0.6 is 0 Å². The molecule has 0 bridgehead atoms. The summed E-state index contributed by atoms with van der Waals surface area (Å²) in [5.74, 6) is 0.760. The zero-order valence-corrected chi connectivity index (χ0v) is 8.18. The molecule has 71 valence electrons. The van der Waals surface area contributed by atoms with Gasteiger partial charge in [-0.15, -0.1) is 0 Å². The number of hydrogen-bond donors (Lipinski definition) is 1. The average molecular weight is 176 g/mol. The molecule has 0 amide bonds. The van der Waals surface area contributed by atoms with Crippen LogP contribution in [-0.4, -0.2) is 4.98 Å². The lowest BCUT2D eigenvalue weighted by Gasteiger charge is -2.18. The molecule has 13 heavy (non-hydrogen) atoms. The van der Waals surface area contributed by atoms with Crippen LogP contribution in [0.25, 0.3) is 0 Å². The maximum atomic E-state index is 3.30. The van der Waals surface area contributed by atoms with Crippen LogP contribution in [0, 0.1) is 6.07 Å². The number of aromatic amines is 1. The summed E-state index contributed by atoms with van der Waals surface area (Å²) in [5.41, 5.74) is 1.34. The Morgan fingerprint density at radius 2 is 1.77 bits per heavy atom. The molecular formula is C12H18N. The molecule has 0 unspecified atom stereocenters. The number of hydrogen-bond acceptors (Lipinski definition) is 0. The van der Waals surface area contributed by atoms with Crippen molar-refractivity contribution in [1.29, 1.82) is 0 Å². The first kappa shape index (κ1) is 8.86. The summed E-state index contributed by atoms with van der Waals surface area (Å²) in [5, 5.41) is 0. The fourth-order valence-electron chi connectivity index (χ4n) is 2.29. The van der Waals surface area contributed by atoms with E-state index in [2.05, 4.69) is 11.1 Å². The topological polar surface area (TPSA) is 15.8 Å². The predicted octanol–water partition coefficient (Wildman–Crippen LogP) is 3.64. The van der Waals surface area contributed by atoms with Gasteiger partial charge in [-0.3, -0.25) is 0 Å². The zero-order valence-electron chi connectivity index (χ0n) is 8.18. The van der Waals surface area contributed by atoms with Gasteiger partial charge in [0.05, 0.1) is 0 Å². The molecule has 2 rings (SSSR count). The van der Waals surface area contributed by atoms with Gasteiger partial charge in [-0.05, 0) is 24.8 Å². The van der Waals surface area contributed by atoms with Crippen molar-refractivity contribution < 1.29 is 0 Å². The molecule has 1 saturated carbocycles. The van der Waals surface area contributed by atoms with Crippen LogP contribution < -0.4 is 0 Å². The lowest BCUT2D eigenvalue weighted by Crippen LogP contribution is -2.02. The summed E-state index contributed by atoms with van der Waals surface area (Å²) in [7, 11) is 0. The fraction of sp³-hybridized carbons (Fsp3) is 0.667. The molecule has 1 aromatic heterocycles. The minimum Gasteiger partial charge on any atom is -0.364 e. The summed E-state index contributed by atoms with van der Waals surface area (Å²) in [6.07, 6.45) is 11.8. The van der Waals surface area contributed by atoms with Gasteiger partial charge in [0.2, 0.25) is 0 Å². The molecule has 1 heterocycles. The smallest absolute Gasteiger partial charge is 0.0258 e. The predicted molar refractivity (Wildman–Crippen MR) is 54.7 cm³/mol. The minimum absolute atomic E-state index is 0.760. The number of H-pyrrole nitrogens is 1. The summed E-state index contributed by atoms with van der Waals surface area (Å²) >= 11 is 0. The zero-order chi connectivity index (χ0) is 8.93. The third kappa shape index (κ3) is 2.36. The third-order valence-electron chi connectivity index (χ3n) is 3.07. The molecule has 1 aromatic rings. The van der Waals surface area contributed by atoms with E-state index in [-0.39, 0.29) is 0 Å². The average Bonchev–Trinajstić information content (AvgIpc) is 2.55. The fourth-order valence-corrected chi connectivity index (χ4v) is 2.29. The first-order valence-corrected chi connectivity index (χ1v) is 5.52. The van der Waals surface area contributed by atoms with Crippen molar-refractivity contribution in [2.75, 3.05) is 0 Å². The Morgan fingerprint density at radius 3 is 2.38 bits per heavy atom. The first-order valence-electron chi connectivity index (χ1n) is 5.52. The van der Waals surface area contributed by atoms with Gasteiger partial charge in [-0.25, -0.2) is 0 Å². The van der Waals surface area contributed by atoms with Crippen LogP contribution in [-0.2, 0) is 0 Å². The van der Waals surface area contributed by atoms with E-state index in [0.29, 0.717) is 0 Å². The van der Waals surface area contributed by atoms with Gasteiger partial charge in [0, 0.05) is 18.0 Å². The van der Waals surface area contributed by atoms with Gasteiger partial charge < -0.3 is 4.98 Å². The van der Waals surface area contributed by atoms with E-state index >= 15 is 0 Å². The Hall–Kier alpha value is -0.720. The molecule has 1 fully saturated rings. The van der Waals surface area contributed by atoms with Gasteiger partial charge in [-0.1, -0.05) is 32.1 Å². The Kier molecular flexibility index (Phi) is 3.07. The quantitative estimate of drug-likeness (QED) is 0.672. The lowest BCUT2D eigenvalue weighted by atomic mass is 9.89. The lowest BCUT2D eigenvalue weighted by molar-refractivity contribution is 0.450. The van der Waals surface area contributed by atoms with Crippen LogP contribution in [0.4, 0.5) is 0 Å². The Balaban J connectivity index is 1.96. The normalized spacial score (nSPS) is 20.9. The van der Waals surface area contributed by atoms with E-state index in [1.54, 1.807) is 0 Å². The van der Waals surface area contributed by atoms with Gasteiger partial charge in [0.25, 0.3) is 0 Å². The Bertz CT molecular complexity index is 217. The van der Waals surface area contributed by atoms with E-state index in [1.807, 2.05) is 12.3 Å². The monoisotopic (exact) mass is 176 g/mol. The molecule has 0 aliphatic heterocycles. The van der Waals surface area contributed by atoms with Gasteiger partial charge in [0.15, 0.2) is 0 Å². The van der Waals surface area contributed by atoms with Crippen molar-refractivity contribution in [1.82, 2.24) is 4.98 Å². The van der Waals surface area contributed by atoms with E-state index < -0.39 is 0 Å². The molecule has 1 aliphatic carbocycles. The van der Waals surface area contributed by atoms with Crippen molar-refractivity contribution in [3.8, 4) is 0 Å². The highest BCUT2D eigenvalue weighted by Crippen LogP contribution is 2.29. The van der Waals surface area contributed by atoms with Crippen molar-refractivity contribution in [2.24, 2.45) is 0 Å². The molecule has 1 aliphatic rings. The molecule has 0 spiro atoms. The van der Waals surface area contributed by atoms with E-state index in [9.17, 15) is 0 Å². The summed E-state index contributed by atoms with van der Waals surface area (Å²) in [6, 6.07) is 5.29. The van der Waals surface area contributed by atoms with E-state index in [1.165, 1.54) is 50.6 Å². The molecule has 0 saturated heterocycles. The van der Waals surface area contributed by atoms with Crippen molar-refractivity contribution >= 4 is 0 Å². The highest BCUT2D eigenvalue weighted by molar-refractivity contribution is 5.07. The maximum absolute atomic E-state index is 3.30. The number of nitrogens with one attached hydrogen (secondary N) is 1. The molecule has 1 heteroatoms. The number of rotatable bonds is 1. The Morgan fingerprint density at radius 1 is 1.08 bits per heavy atom. The third-order valence-corrected chi connectivity index (χ3v) is 3.07. The highest BCUT2D eigenvalue weighted by Gasteiger charge is 2.13. The standard InChI is InChI=1S/C12H18N/c1-2-4-7-11(8-5-3-1)12-9-6-10-13-12/h6,10-11,13H,1-5,7-8H2. The van der Waals surface area contributed by atoms with Crippen molar-refractivity contribution in [3.05, 3.63) is 24.0 Å². The minimum atomic E-state index is 0.760. The van der Waals surface area contributed by atoms with Crippen LogP contribution in [0.1, 0.15) is 56.6 Å². The maximum Gasteiger partial charge on any atom is 0.0258 e. The molecular weight excluding hydrogens is 158 g/mol. The molecule has 1 N–H and O–H groups in total. The second kappa shape index (κ2) is 4.50. The molecule has 0 aromatic carbocycles. The Labute approximate surface area is 80.6 Å². The SMILES string of the molecule is [c]1cc[nH]c1C1CCCCCCC1. The summed E-state index contributed by atoms with van der Waals surface area (Å²) in [6.45, 7) is 0.